The third kappa shape index (κ3) is 11.6. The van der Waals surface area contributed by atoms with Crippen LogP contribution in [0.25, 0.3) is 0 Å². The minimum atomic E-state index is -2.10. The van der Waals surface area contributed by atoms with Crippen molar-refractivity contribution >= 4 is 23.6 Å². The number of cyclic esters (lactones) is 1. The van der Waals surface area contributed by atoms with Gasteiger partial charge in [-0.3, -0.25) is 19.2 Å². The summed E-state index contributed by atoms with van der Waals surface area (Å²) in [7, 11) is 4.79. The van der Waals surface area contributed by atoms with E-state index in [4.69, 9.17) is 33.2 Å². The van der Waals surface area contributed by atoms with Gasteiger partial charge in [-0.2, -0.15) is 0 Å². The Morgan fingerprint density at radius 2 is 1.54 bits per heavy atom. The molecule has 7 rings (SSSR count). The van der Waals surface area contributed by atoms with Crippen LogP contribution in [0, 0.1) is 46.3 Å². The number of ether oxygens (including phenoxy) is 7. The third-order valence-electron chi connectivity index (χ3n) is 21.6. The molecule has 2 unspecified atom stereocenters. The third-order valence-corrected chi connectivity index (χ3v) is 21.6. The summed E-state index contributed by atoms with van der Waals surface area (Å²) in [5.74, 6) is -6.45. The van der Waals surface area contributed by atoms with Crippen molar-refractivity contribution in [2.24, 2.45) is 46.3 Å². The number of rotatable bonds is 13. The van der Waals surface area contributed by atoms with Crippen LogP contribution in [0.4, 0.5) is 4.39 Å². The molecule has 0 aromatic rings. The van der Waals surface area contributed by atoms with Crippen LogP contribution in [0.15, 0.2) is 23.8 Å². The van der Waals surface area contributed by atoms with Gasteiger partial charge >= 0.3 is 5.97 Å². The fraction of sp³-hybridized carbons (Fsp3) is 0.869. The number of halogens is 1. The number of nitrogens with zero attached hydrogens (tertiary/aromatic N) is 1. The van der Waals surface area contributed by atoms with Crippen LogP contribution in [0.1, 0.15) is 148 Å². The summed E-state index contributed by atoms with van der Waals surface area (Å²) in [4.78, 5) is 57.4. The van der Waals surface area contributed by atoms with Gasteiger partial charge in [-0.15, -0.1) is 0 Å². The number of amides is 2. The number of aliphatic hydroxyl groups excluding tert-OH is 4. The van der Waals surface area contributed by atoms with Crippen LogP contribution in [0.5, 0.6) is 0 Å². The van der Waals surface area contributed by atoms with Crippen LogP contribution >= 0.6 is 0 Å². The molecule has 468 valence electrons. The molecule has 0 aromatic carbocycles. The lowest BCUT2D eigenvalue weighted by atomic mass is 9.45. The van der Waals surface area contributed by atoms with Gasteiger partial charge in [-0.1, -0.05) is 52.3 Å². The zero-order chi connectivity index (χ0) is 61.2. The van der Waals surface area contributed by atoms with Crippen molar-refractivity contribution in [1.82, 2.24) is 15.5 Å². The maximum atomic E-state index is 17.8. The Balaban J connectivity index is 1.11. The second-order valence-corrected chi connectivity index (χ2v) is 27.0. The molecule has 0 radical (unpaired) electrons. The van der Waals surface area contributed by atoms with Crippen molar-refractivity contribution in [1.29, 1.82) is 0 Å². The highest BCUT2D eigenvalue weighted by atomic mass is 19.1. The first-order valence-electron chi connectivity index (χ1n) is 30.1. The molecule has 26 atom stereocenters. The van der Waals surface area contributed by atoms with Crippen LogP contribution in [-0.4, -0.2) is 201 Å². The zero-order valence-corrected chi connectivity index (χ0v) is 51.5. The molecule has 3 heterocycles. The summed E-state index contributed by atoms with van der Waals surface area (Å²) in [6.45, 7) is 22.6. The van der Waals surface area contributed by atoms with E-state index in [1.165, 1.54) is 27.2 Å². The molecule has 4 aliphatic carbocycles. The molecule has 0 aromatic heterocycles. The monoisotopic (exact) mass is 1170 g/mol. The van der Waals surface area contributed by atoms with E-state index in [1.54, 1.807) is 82.2 Å². The summed E-state index contributed by atoms with van der Waals surface area (Å²) in [5.41, 5.74) is -10.3. The van der Waals surface area contributed by atoms with E-state index in [0.29, 0.717) is 31.4 Å². The fourth-order valence-corrected chi connectivity index (χ4v) is 16.1. The van der Waals surface area contributed by atoms with E-state index in [0.717, 1.165) is 0 Å². The minimum Gasteiger partial charge on any atom is -0.459 e. The Labute approximate surface area is 484 Å². The highest BCUT2D eigenvalue weighted by Gasteiger charge is 2.75. The number of likely N-dealkylation sites (N-methyl/N-ethyl adjacent to an activating group) is 1. The average Bonchev–Trinajstić information content (AvgIpc) is 1.68. The number of carbonyl (C=O) groups excluding carboxylic acids is 4. The lowest BCUT2D eigenvalue weighted by Gasteiger charge is -2.61. The molecule has 3 aliphatic heterocycles. The number of hydrogen-bond acceptors (Lipinski definition) is 18. The van der Waals surface area contributed by atoms with Gasteiger partial charge in [-0.05, 0) is 132 Å². The summed E-state index contributed by atoms with van der Waals surface area (Å²) >= 11 is 0. The summed E-state index contributed by atoms with van der Waals surface area (Å²) < 4.78 is 62.7. The number of carbonyl (C=O) groups is 4. The van der Waals surface area contributed by atoms with Gasteiger partial charge < -0.3 is 79.3 Å². The molecule has 3 saturated heterocycles. The van der Waals surface area contributed by atoms with E-state index >= 15 is 4.39 Å². The van der Waals surface area contributed by atoms with Crippen molar-refractivity contribution in [3.63, 3.8) is 0 Å². The molecule has 5 fully saturated rings. The molecule has 21 heteroatoms. The highest BCUT2D eigenvalue weighted by Crippen LogP contribution is 2.70. The first-order valence-corrected chi connectivity index (χ1v) is 30.1. The van der Waals surface area contributed by atoms with Crippen molar-refractivity contribution in [3.8, 4) is 0 Å². The minimum absolute atomic E-state index is 0.00882. The predicted octanol–water partition coefficient (Wildman–Crippen LogP) is 3.96. The summed E-state index contributed by atoms with van der Waals surface area (Å²) in [6, 6.07) is -1.55. The molecule has 2 saturated carbocycles. The van der Waals surface area contributed by atoms with Gasteiger partial charge in [0.15, 0.2) is 29.6 Å². The Bertz CT molecular complexity index is 2380. The number of esters is 1. The van der Waals surface area contributed by atoms with Crippen LogP contribution in [0.3, 0.4) is 0 Å². The van der Waals surface area contributed by atoms with Gasteiger partial charge in [0.2, 0.25) is 5.91 Å². The Morgan fingerprint density at radius 1 is 0.878 bits per heavy atom. The van der Waals surface area contributed by atoms with Gasteiger partial charge in [0.25, 0.3) is 5.91 Å². The van der Waals surface area contributed by atoms with E-state index in [1.807, 2.05) is 24.9 Å². The summed E-state index contributed by atoms with van der Waals surface area (Å²) in [6.07, 6.45) is -6.05. The first-order chi connectivity index (χ1) is 38.1. The van der Waals surface area contributed by atoms with E-state index in [9.17, 15) is 49.8 Å². The van der Waals surface area contributed by atoms with Crippen molar-refractivity contribution in [2.75, 3.05) is 34.4 Å². The lowest BCUT2D eigenvalue weighted by molar-refractivity contribution is -0.319. The number of nitrogens with one attached hydrogen (secondary N) is 2. The SMILES string of the molecule is CC[C@H]1OC(=O)[C@H](C)[C@@H](O[C@H]2C[C@@](C)(OC)[C@@H](O)[C@H](C)O2)[C@H](C)[C@@H](O[C@@H]2O[C@H](C)C[C@H](N(C)CCCNC(=O)[C@@]3(O)[C@H](C)CC4C5CC=C6CC(=O)C=C[C@]6(C)[C@@]5(F)[C@@H](O)C[C@@]43C)[C@H]2O)[C@](C)(OC)C[C@@H](C)C(=O)N[C@H](C)[C@@H](O)[C@]1(C)O. The molecule has 8 N–H and O–H groups in total. The van der Waals surface area contributed by atoms with E-state index < -0.39 is 172 Å². The van der Waals surface area contributed by atoms with Gasteiger partial charge in [-0.25, -0.2) is 4.39 Å². The molecule has 82 heavy (non-hydrogen) atoms. The van der Waals surface area contributed by atoms with Crippen LogP contribution in [-0.2, 0) is 52.3 Å². The van der Waals surface area contributed by atoms with Gasteiger partial charge in [0.05, 0.1) is 53.7 Å². The number of methoxy groups -OCH3 is 2. The van der Waals surface area contributed by atoms with Gasteiger partial charge in [0.1, 0.15) is 30.0 Å². The first kappa shape index (κ1) is 66.5. The topological polar surface area (TPSA) is 282 Å². The van der Waals surface area contributed by atoms with E-state index in [-0.39, 0.29) is 50.9 Å². The maximum absolute atomic E-state index is 17.8. The molecule has 0 spiro atoms. The predicted molar refractivity (Wildman–Crippen MR) is 299 cm³/mol. The Hall–Kier alpha value is -3.03. The largest absolute Gasteiger partial charge is 0.459 e. The fourth-order valence-electron chi connectivity index (χ4n) is 16.1. The second-order valence-electron chi connectivity index (χ2n) is 27.0. The quantitative estimate of drug-likeness (QED) is 0.0736. The second kappa shape index (κ2) is 24.6. The number of aliphatic hydroxyl groups is 6. The van der Waals surface area contributed by atoms with Gasteiger partial charge in [0, 0.05) is 68.2 Å². The normalized spacial score (nSPS) is 49.5. The molecular formula is C61H100FN3O17. The van der Waals surface area contributed by atoms with Crippen molar-refractivity contribution in [2.45, 2.75) is 255 Å². The maximum Gasteiger partial charge on any atom is 0.311 e. The molecular weight excluding hydrogens is 1070 g/mol. The Morgan fingerprint density at radius 3 is 2.17 bits per heavy atom. The molecule has 2 amide bonds. The number of ketones is 1. The highest BCUT2D eigenvalue weighted by molar-refractivity contribution is 5.93. The number of alkyl halides is 1. The number of fused-ring (bicyclic) bond motifs is 5. The lowest BCUT2D eigenvalue weighted by Crippen LogP contribution is -2.69. The smallest absolute Gasteiger partial charge is 0.311 e. The average molecular weight is 1170 g/mol. The number of hydrogen-bond donors (Lipinski definition) is 8. The van der Waals surface area contributed by atoms with Crippen LogP contribution < -0.4 is 10.6 Å². The van der Waals surface area contributed by atoms with Crippen molar-refractivity contribution < 1.29 is 87.4 Å². The Kier molecular flexibility index (Phi) is 20.0. The molecule has 20 nitrogen and oxygen atoms in total. The molecule has 7 aliphatic rings. The molecule has 0 bridgehead atoms. The van der Waals surface area contributed by atoms with Crippen molar-refractivity contribution in [3.05, 3.63) is 23.8 Å². The number of allylic oxidation sites excluding steroid dienone is 4. The van der Waals surface area contributed by atoms with Crippen LogP contribution in [0.2, 0.25) is 0 Å². The van der Waals surface area contributed by atoms with E-state index in [2.05, 4.69) is 10.6 Å². The summed E-state index contributed by atoms with van der Waals surface area (Å²) in [5, 5.41) is 77.2. The standard InChI is InChI=1S/C61H100FN3O17/c1-17-44-59(13,74)48(69)36(7)64-51(71)31(2)28-58(12,77-16)50(34(5)47(35(6)52(72)80-44)81-45-30-57(11,76-15)49(70)37(8)79-45)82-53-46(68)42(26-33(4)78-53)65(14)24-18-23-63-54(73)61(75)32(3)25-41-40-20-19-38-27-39(66)21-22-55(38,9)60(40,62)43(67)29-56(41,61)10/h19,21-22,31-37,40-50,53,67-70,74-75H,17-18,20,23-30H2,1-16H3,(H,63,73)(H,64,71)/t31-,32-,33-,34+,35-,36-,37+,40?,41?,42+,43+,44-,45+,46-,47+,48-,49+,50-,53+,55+,56+,57-,58-,59-,60+,61+/m1/s1. The zero-order valence-electron chi connectivity index (χ0n) is 51.5.